The molecule has 1 unspecified atom stereocenters. The Morgan fingerprint density at radius 1 is 1.00 bits per heavy atom. The lowest BCUT2D eigenvalue weighted by Gasteiger charge is -2.09. The van der Waals surface area contributed by atoms with Crippen LogP contribution in [0.1, 0.15) is 64.7 Å². The van der Waals surface area contributed by atoms with E-state index in [2.05, 4.69) is 18.9 Å². The zero-order valence-corrected chi connectivity index (χ0v) is 10.8. The highest BCUT2D eigenvalue weighted by atomic mass is 15.1. The van der Waals surface area contributed by atoms with Crippen molar-refractivity contribution in [3.8, 4) is 0 Å². The van der Waals surface area contributed by atoms with Crippen molar-refractivity contribution in [2.24, 2.45) is 5.92 Å². The topological polar surface area (TPSA) is 3.24 Å². The summed E-state index contributed by atoms with van der Waals surface area (Å²) in [6.45, 7) is 4.98. The van der Waals surface area contributed by atoms with E-state index in [4.69, 9.17) is 0 Å². The molecule has 1 heteroatoms. The first-order valence-electron chi connectivity index (χ1n) is 7.01. The summed E-state index contributed by atoms with van der Waals surface area (Å²) >= 11 is 0. The van der Waals surface area contributed by atoms with Gasteiger partial charge in [-0.3, -0.25) is 0 Å². The first-order valence-corrected chi connectivity index (χ1v) is 7.01. The maximum atomic E-state index is 2.48. The molecule has 0 aromatic heterocycles. The molecule has 0 aliphatic carbocycles. The molecular weight excluding hydrogens is 182 g/mol. The maximum absolute atomic E-state index is 2.48. The number of unbranched alkanes of at least 4 members (excludes halogenated alkanes) is 6. The summed E-state index contributed by atoms with van der Waals surface area (Å²) in [6, 6.07) is 0. The third-order valence-corrected chi connectivity index (χ3v) is 3.70. The van der Waals surface area contributed by atoms with Crippen molar-refractivity contribution < 1.29 is 0 Å². The number of nitrogens with zero attached hydrogens (tertiary/aromatic N) is 1. The van der Waals surface area contributed by atoms with Crippen LogP contribution in [0.2, 0.25) is 0 Å². The molecule has 1 fully saturated rings. The zero-order chi connectivity index (χ0) is 10.9. The number of hydrogen-bond donors (Lipinski definition) is 0. The van der Waals surface area contributed by atoms with Gasteiger partial charge in [0.15, 0.2) is 0 Å². The Morgan fingerprint density at radius 3 is 2.27 bits per heavy atom. The van der Waals surface area contributed by atoms with Crippen molar-refractivity contribution in [2.75, 3.05) is 20.1 Å². The second-order valence-electron chi connectivity index (χ2n) is 5.33. The van der Waals surface area contributed by atoms with Gasteiger partial charge in [-0.25, -0.2) is 0 Å². The minimum atomic E-state index is 1.02. The summed E-state index contributed by atoms with van der Waals surface area (Å²) < 4.78 is 0. The van der Waals surface area contributed by atoms with Crippen molar-refractivity contribution in [1.82, 2.24) is 4.90 Å². The predicted molar refractivity (Wildman–Crippen MR) is 68.2 cm³/mol. The maximum Gasteiger partial charge on any atom is 0.000708 e. The molecule has 1 saturated heterocycles. The number of hydrogen-bond acceptors (Lipinski definition) is 1. The summed E-state index contributed by atoms with van der Waals surface area (Å²) in [7, 11) is 2.25. The SMILES string of the molecule is CCCCCCCCCC1CCN(C)C1. The van der Waals surface area contributed by atoms with Crippen molar-refractivity contribution >= 4 is 0 Å². The third-order valence-electron chi connectivity index (χ3n) is 3.70. The third kappa shape index (κ3) is 6.19. The fraction of sp³-hybridized carbons (Fsp3) is 1.00. The molecule has 1 aliphatic rings. The summed E-state index contributed by atoms with van der Waals surface area (Å²) in [4.78, 5) is 2.48. The second-order valence-corrected chi connectivity index (χ2v) is 5.33. The normalized spacial score (nSPS) is 22.4. The Labute approximate surface area is 96.2 Å². The molecule has 1 rings (SSSR count). The van der Waals surface area contributed by atoms with Crippen LogP contribution in [0.5, 0.6) is 0 Å². The molecular formula is C14H29N. The largest absolute Gasteiger partial charge is 0.306 e. The lowest BCUT2D eigenvalue weighted by atomic mass is 9.99. The summed E-state index contributed by atoms with van der Waals surface area (Å²) in [6.07, 6.45) is 13.1. The van der Waals surface area contributed by atoms with Crippen LogP contribution in [0.15, 0.2) is 0 Å². The standard InChI is InChI=1S/C14H29N/c1-3-4-5-6-7-8-9-10-14-11-12-15(2)13-14/h14H,3-13H2,1-2H3. The van der Waals surface area contributed by atoms with E-state index in [1.54, 1.807) is 0 Å². The minimum Gasteiger partial charge on any atom is -0.306 e. The van der Waals surface area contributed by atoms with Gasteiger partial charge in [0.2, 0.25) is 0 Å². The first-order chi connectivity index (χ1) is 7.33. The Bertz CT molecular complexity index is 144. The molecule has 0 aromatic rings. The van der Waals surface area contributed by atoms with Gasteiger partial charge in [0.25, 0.3) is 0 Å². The van der Waals surface area contributed by atoms with E-state index in [0.717, 1.165) is 5.92 Å². The first kappa shape index (κ1) is 13.0. The van der Waals surface area contributed by atoms with E-state index in [1.807, 2.05) is 0 Å². The molecule has 0 aromatic carbocycles. The second kappa shape index (κ2) is 8.15. The number of rotatable bonds is 8. The fourth-order valence-corrected chi connectivity index (χ4v) is 2.65. The van der Waals surface area contributed by atoms with E-state index < -0.39 is 0 Å². The zero-order valence-electron chi connectivity index (χ0n) is 10.8. The highest BCUT2D eigenvalue weighted by molar-refractivity contribution is 4.72. The van der Waals surface area contributed by atoms with Crippen molar-refractivity contribution in [2.45, 2.75) is 64.7 Å². The monoisotopic (exact) mass is 211 g/mol. The molecule has 0 bridgehead atoms. The fourth-order valence-electron chi connectivity index (χ4n) is 2.65. The summed E-state index contributed by atoms with van der Waals surface area (Å²) in [5, 5.41) is 0. The van der Waals surface area contributed by atoms with Gasteiger partial charge in [0.1, 0.15) is 0 Å². The average Bonchev–Trinajstić information content (AvgIpc) is 2.63. The molecule has 1 heterocycles. The van der Waals surface area contributed by atoms with Crippen LogP contribution in [0.25, 0.3) is 0 Å². The number of likely N-dealkylation sites (tertiary alicyclic amines) is 1. The van der Waals surface area contributed by atoms with E-state index in [0.29, 0.717) is 0 Å². The molecule has 15 heavy (non-hydrogen) atoms. The van der Waals surface area contributed by atoms with Crippen LogP contribution in [-0.2, 0) is 0 Å². The van der Waals surface area contributed by atoms with Crippen LogP contribution in [-0.4, -0.2) is 25.0 Å². The molecule has 0 radical (unpaired) electrons. The van der Waals surface area contributed by atoms with Crippen molar-refractivity contribution in [1.29, 1.82) is 0 Å². The smallest absolute Gasteiger partial charge is 0.000708 e. The quantitative estimate of drug-likeness (QED) is 0.547. The van der Waals surface area contributed by atoms with Gasteiger partial charge >= 0.3 is 0 Å². The molecule has 0 saturated carbocycles. The Morgan fingerprint density at radius 2 is 1.67 bits per heavy atom. The van der Waals surface area contributed by atoms with Crippen molar-refractivity contribution in [3.05, 3.63) is 0 Å². The van der Waals surface area contributed by atoms with Gasteiger partial charge in [-0.2, -0.15) is 0 Å². The van der Waals surface area contributed by atoms with Gasteiger partial charge in [-0.1, -0.05) is 51.9 Å². The van der Waals surface area contributed by atoms with E-state index in [1.165, 1.54) is 70.9 Å². The highest BCUT2D eigenvalue weighted by Gasteiger charge is 2.18. The Hall–Kier alpha value is -0.0400. The highest BCUT2D eigenvalue weighted by Crippen LogP contribution is 2.21. The van der Waals surface area contributed by atoms with Gasteiger partial charge in [-0.05, 0) is 32.4 Å². The molecule has 1 aliphatic heterocycles. The van der Waals surface area contributed by atoms with Gasteiger partial charge < -0.3 is 4.90 Å². The minimum absolute atomic E-state index is 1.02. The lowest BCUT2D eigenvalue weighted by Crippen LogP contribution is -2.13. The van der Waals surface area contributed by atoms with E-state index in [9.17, 15) is 0 Å². The van der Waals surface area contributed by atoms with Crippen LogP contribution in [0, 0.1) is 5.92 Å². The summed E-state index contributed by atoms with van der Waals surface area (Å²) in [5.74, 6) is 1.02. The lowest BCUT2D eigenvalue weighted by molar-refractivity contribution is 0.382. The van der Waals surface area contributed by atoms with Gasteiger partial charge in [-0.15, -0.1) is 0 Å². The predicted octanol–water partition coefficient (Wildman–Crippen LogP) is 4.08. The average molecular weight is 211 g/mol. The molecule has 1 atom stereocenters. The van der Waals surface area contributed by atoms with E-state index in [-0.39, 0.29) is 0 Å². The van der Waals surface area contributed by atoms with Crippen molar-refractivity contribution in [3.63, 3.8) is 0 Å². The Balaban J connectivity index is 1.81. The molecule has 90 valence electrons. The van der Waals surface area contributed by atoms with Crippen LogP contribution in [0.3, 0.4) is 0 Å². The molecule has 0 amide bonds. The summed E-state index contributed by atoms with van der Waals surface area (Å²) in [5.41, 5.74) is 0. The molecule has 1 nitrogen and oxygen atoms in total. The van der Waals surface area contributed by atoms with E-state index >= 15 is 0 Å². The van der Waals surface area contributed by atoms with Crippen LogP contribution < -0.4 is 0 Å². The van der Waals surface area contributed by atoms with Gasteiger partial charge in [0.05, 0.1) is 0 Å². The van der Waals surface area contributed by atoms with Gasteiger partial charge in [0, 0.05) is 6.54 Å². The molecule has 0 spiro atoms. The van der Waals surface area contributed by atoms with Crippen LogP contribution in [0.4, 0.5) is 0 Å². The van der Waals surface area contributed by atoms with Crippen LogP contribution >= 0.6 is 0 Å². The molecule has 0 N–H and O–H groups in total. The Kier molecular flexibility index (Phi) is 7.08.